The molecule has 0 heterocycles. The molecule has 1 aromatic carbocycles. The molecule has 0 saturated carbocycles. The average molecular weight is 488 g/mol. The van der Waals surface area contributed by atoms with E-state index in [2.05, 4.69) is 36.4 Å². The van der Waals surface area contributed by atoms with Crippen LogP contribution in [-0.2, 0) is 6.54 Å². The van der Waals surface area contributed by atoms with Crippen LogP contribution in [0.1, 0.15) is 63.4 Å². The molecule has 2 N–H and O–H groups in total. The molecule has 0 aliphatic carbocycles. The highest BCUT2D eigenvalue weighted by Crippen LogP contribution is 2.09. The second kappa shape index (κ2) is 14.7. The van der Waals surface area contributed by atoms with Crippen LogP contribution in [0.3, 0.4) is 0 Å². The molecule has 0 saturated heterocycles. The van der Waals surface area contributed by atoms with Gasteiger partial charge in [-0.15, -0.1) is 24.0 Å². The SMILES string of the molecule is CCNC(=NCc1ccc(C(=O)N(CC)CC)cc1)NCCCC(C)C.I. The van der Waals surface area contributed by atoms with E-state index in [0.29, 0.717) is 6.54 Å². The Bertz CT molecular complexity index is 554. The van der Waals surface area contributed by atoms with Crippen LogP contribution in [0.25, 0.3) is 0 Å². The molecule has 0 aliphatic rings. The highest BCUT2D eigenvalue weighted by atomic mass is 127. The number of aliphatic imine (C=N–C) groups is 1. The van der Waals surface area contributed by atoms with Crippen molar-refractivity contribution in [1.29, 1.82) is 0 Å². The van der Waals surface area contributed by atoms with Crippen molar-refractivity contribution in [3.8, 4) is 0 Å². The number of guanidine groups is 1. The summed E-state index contributed by atoms with van der Waals surface area (Å²) in [6.07, 6.45) is 2.36. The molecule has 154 valence electrons. The van der Waals surface area contributed by atoms with E-state index in [1.54, 1.807) is 0 Å². The van der Waals surface area contributed by atoms with Crippen molar-refractivity contribution in [2.24, 2.45) is 10.9 Å². The average Bonchev–Trinajstić information content (AvgIpc) is 2.64. The molecule has 1 rings (SSSR count). The number of nitrogens with one attached hydrogen (secondary N) is 2. The molecular formula is C21H37IN4O. The maximum absolute atomic E-state index is 12.3. The normalized spacial score (nSPS) is 11.1. The summed E-state index contributed by atoms with van der Waals surface area (Å²) in [5, 5.41) is 6.66. The lowest BCUT2D eigenvalue weighted by molar-refractivity contribution is 0.0773. The number of rotatable bonds is 10. The molecule has 6 heteroatoms. The Morgan fingerprint density at radius 3 is 2.22 bits per heavy atom. The molecule has 0 aromatic heterocycles. The smallest absolute Gasteiger partial charge is 0.253 e. The van der Waals surface area contributed by atoms with Crippen LogP contribution >= 0.6 is 24.0 Å². The molecule has 0 spiro atoms. The fourth-order valence-electron chi connectivity index (χ4n) is 2.68. The van der Waals surface area contributed by atoms with Gasteiger partial charge in [-0.1, -0.05) is 26.0 Å². The first-order valence-electron chi connectivity index (χ1n) is 9.92. The van der Waals surface area contributed by atoms with Crippen molar-refractivity contribution < 1.29 is 4.79 Å². The van der Waals surface area contributed by atoms with E-state index < -0.39 is 0 Å². The summed E-state index contributed by atoms with van der Waals surface area (Å²) in [5.74, 6) is 1.67. The first kappa shape index (κ1) is 25.7. The molecule has 0 aliphatic heterocycles. The number of hydrogen-bond acceptors (Lipinski definition) is 2. The highest BCUT2D eigenvalue weighted by molar-refractivity contribution is 14.0. The predicted molar refractivity (Wildman–Crippen MR) is 126 cm³/mol. The van der Waals surface area contributed by atoms with Gasteiger partial charge < -0.3 is 15.5 Å². The monoisotopic (exact) mass is 488 g/mol. The standard InChI is InChI=1S/C21H36N4O.HI/c1-6-22-21(23-15-9-10-17(4)5)24-16-18-11-13-19(14-12-18)20(26)25(7-2)8-3;/h11-14,17H,6-10,15-16H2,1-5H3,(H2,22,23,24);1H. The van der Waals surface area contributed by atoms with E-state index in [1.165, 1.54) is 6.42 Å². The maximum Gasteiger partial charge on any atom is 0.253 e. The molecule has 1 aromatic rings. The third-order valence-corrected chi connectivity index (χ3v) is 4.27. The minimum Gasteiger partial charge on any atom is -0.357 e. The lowest BCUT2D eigenvalue weighted by Crippen LogP contribution is -2.37. The summed E-state index contributed by atoms with van der Waals surface area (Å²) >= 11 is 0. The summed E-state index contributed by atoms with van der Waals surface area (Å²) in [6, 6.07) is 7.77. The van der Waals surface area contributed by atoms with E-state index >= 15 is 0 Å². The number of nitrogens with zero attached hydrogens (tertiary/aromatic N) is 2. The van der Waals surface area contributed by atoms with Gasteiger partial charge in [0.2, 0.25) is 0 Å². The summed E-state index contributed by atoms with van der Waals surface area (Å²) < 4.78 is 0. The zero-order valence-corrected chi connectivity index (χ0v) is 19.9. The van der Waals surface area contributed by atoms with Gasteiger partial charge in [0, 0.05) is 31.7 Å². The lowest BCUT2D eigenvalue weighted by Gasteiger charge is -2.18. The number of carbonyl (C=O) groups excluding carboxylic acids is 1. The zero-order valence-electron chi connectivity index (χ0n) is 17.5. The molecule has 0 bridgehead atoms. The van der Waals surface area contributed by atoms with Crippen molar-refractivity contribution in [2.75, 3.05) is 26.2 Å². The molecule has 27 heavy (non-hydrogen) atoms. The number of benzene rings is 1. The van der Waals surface area contributed by atoms with Gasteiger partial charge in [-0.05, 0) is 57.2 Å². The van der Waals surface area contributed by atoms with Crippen molar-refractivity contribution in [1.82, 2.24) is 15.5 Å². The highest BCUT2D eigenvalue weighted by Gasteiger charge is 2.11. The van der Waals surface area contributed by atoms with Crippen LogP contribution < -0.4 is 10.6 Å². The van der Waals surface area contributed by atoms with Crippen LogP contribution in [0.5, 0.6) is 0 Å². The van der Waals surface area contributed by atoms with Crippen LogP contribution in [-0.4, -0.2) is 42.9 Å². The predicted octanol–water partition coefficient (Wildman–Crippen LogP) is 4.28. The Morgan fingerprint density at radius 2 is 1.70 bits per heavy atom. The van der Waals surface area contributed by atoms with Gasteiger partial charge >= 0.3 is 0 Å². The number of carbonyl (C=O) groups is 1. The lowest BCUT2D eigenvalue weighted by atomic mass is 10.1. The summed E-state index contributed by atoms with van der Waals surface area (Å²) in [5.41, 5.74) is 1.83. The van der Waals surface area contributed by atoms with E-state index in [4.69, 9.17) is 0 Å². The number of halogens is 1. The quantitative estimate of drug-likeness (QED) is 0.224. The van der Waals surface area contributed by atoms with E-state index in [9.17, 15) is 4.79 Å². The van der Waals surface area contributed by atoms with Gasteiger partial charge in [0.05, 0.1) is 6.54 Å². The van der Waals surface area contributed by atoms with E-state index in [0.717, 1.165) is 55.6 Å². The van der Waals surface area contributed by atoms with Crippen molar-refractivity contribution >= 4 is 35.8 Å². The minimum atomic E-state index is 0. The molecule has 0 unspecified atom stereocenters. The molecule has 5 nitrogen and oxygen atoms in total. The molecule has 0 atom stereocenters. The van der Waals surface area contributed by atoms with Gasteiger partial charge in [0.25, 0.3) is 5.91 Å². The molecular weight excluding hydrogens is 451 g/mol. The van der Waals surface area contributed by atoms with Gasteiger partial charge in [0.15, 0.2) is 5.96 Å². The topological polar surface area (TPSA) is 56.7 Å². The van der Waals surface area contributed by atoms with Crippen molar-refractivity contribution in [3.63, 3.8) is 0 Å². The van der Waals surface area contributed by atoms with Crippen molar-refractivity contribution in [3.05, 3.63) is 35.4 Å². The van der Waals surface area contributed by atoms with Crippen LogP contribution in [0, 0.1) is 5.92 Å². The van der Waals surface area contributed by atoms with Gasteiger partial charge in [-0.2, -0.15) is 0 Å². The van der Waals surface area contributed by atoms with Gasteiger partial charge in [-0.3, -0.25) is 4.79 Å². The largest absolute Gasteiger partial charge is 0.357 e. The van der Waals surface area contributed by atoms with Gasteiger partial charge in [-0.25, -0.2) is 4.99 Å². The van der Waals surface area contributed by atoms with Crippen LogP contribution in [0.2, 0.25) is 0 Å². The van der Waals surface area contributed by atoms with Gasteiger partial charge in [0.1, 0.15) is 0 Å². The summed E-state index contributed by atoms with van der Waals surface area (Å²) in [7, 11) is 0. The molecule has 1 amide bonds. The Labute approximate surface area is 182 Å². The van der Waals surface area contributed by atoms with E-state index in [1.807, 2.05) is 43.0 Å². The fraction of sp³-hybridized carbons (Fsp3) is 0.619. The molecule has 0 radical (unpaired) electrons. The summed E-state index contributed by atoms with van der Waals surface area (Å²) in [6.45, 7) is 14.4. The zero-order chi connectivity index (χ0) is 19.4. The maximum atomic E-state index is 12.3. The van der Waals surface area contributed by atoms with Crippen molar-refractivity contribution in [2.45, 2.75) is 54.0 Å². The Kier molecular flexibility index (Phi) is 14.0. The van der Waals surface area contributed by atoms with E-state index in [-0.39, 0.29) is 29.9 Å². The Hall–Kier alpha value is -1.31. The summed E-state index contributed by atoms with van der Waals surface area (Å²) in [4.78, 5) is 18.8. The fourth-order valence-corrected chi connectivity index (χ4v) is 2.68. The Morgan fingerprint density at radius 1 is 1.07 bits per heavy atom. The minimum absolute atomic E-state index is 0. The molecule has 0 fully saturated rings. The third-order valence-electron chi connectivity index (χ3n) is 4.27. The number of amides is 1. The third kappa shape index (κ3) is 9.98. The first-order valence-corrected chi connectivity index (χ1v) is 9.92. The second-order valence-corrected chi connectivity index (χ2v) is 6.83. The Balaban J connectivity index is 0.00000676. The second-order valence-electron chi connectivity index (χ2n) is 6.83. The van der Waals surface area contributed by atoms with Crippen LogP contribution in [0.15, 0.2) is 29.3 Å². The first-order chi connectivity index (χ1) is 12.5. The van der Waals surface area contributed by atoms with Crippen LogP contribution in [0.4, 0.5) is 0 Å². The number of hydrogen-bond donors (Lipinski definition) is 2.